The van der Waals surface area contributed by atoms with Crippen molar-refractivity contribution in [1.82, 2.24) is 4.98 Å². The molecule has 1 N–H and O–H groups in total. The number of carbonyl (C=O) groups is 1. The Morgan fingerprint density at radius 1 is 1.60 bits per heavy atom. The fourth-order valence-electron chi connectivity index (χ4n) is 0.979. The van der Waals surface area contributed by atoms with Gasteiger partial charge in [-0.2, -0.15) is 4.39 Å². The molecule has 0 radical (unpaired) electrons. The highest BCUT2D eigenvalue weighted by atomic mass is 35.5. The number of nitrogens with zero attached hydrogens (tertiary/aromatic N) is 1. The molecule has 7 heteroatoms. The summed E-state index contributed by atoms with van der Waals surface area (Å²) in [7, 11) is 0. The number of hydrogen-bond donors (Lipinski definition) is 1. The highest BCUT2D eigenvalue weighted by molar-refractivity contribution is 6.32. The lowest BCUT2D eigenvalue weighted by Gasteiger charge is -2.07. The van der Waals surface area contributed by atoms with Crippen LogP contribution in [0.15, 0.2) is 6.20 Å². The van der Waals surface area contributed by atoms with Crippen molar-refractivity contribution in [1.29, 1.82) is 0 Å². The van der Waals surface area contributed by atoms with Crippen molar-refractivity contribution in [2.24, 2.45) is 0 Å². The Labute approximate surface area is 87.5 Å². The van der Waals surface area contributed by atoms with Gasteiger partial charge in [-0.25, -0.2) is 13.8 Å². The predicted molar refractivity (Wildman–Crippen MR) is 45.5 cm³/mol. The average molecular weight is 240 g/mol. The summed E-state index contributed by atoms with van der Waals surface area (Å²) in [4.78, 5) is 13.3. The molecule has 0 aromatic carbocycles. The Morgan fingerprint density at radius 3 is 2.67 bits per heavy atom. The van der Waals surface area contributed by atoms with Crippen molar-refractivity contribution in [2.45, 2.75) is 12.8 Å². The summed E-state index contributed by atoms with van der Waals surface area (Å²) in [5.41, 5.74) is -1.20. The maximum Gasteiger partial charge on any atom is 0.308 e. The molecule has 0 saturated heterocycles. The third kappa shape index (κ3) is 2.59. The second-order valence-corrected chi connectivity index (χ2v) is 3.05. The van der Waals surface area contributed by atoms with Gasteiger partial charge in [-0.05, 0) is 0 Å². The van der Waals surface area contributed by atoms with E-state index in [0.29, 0.717) is 6.20 Å². The second-order valence-electron chi connectivity index (χ2n) is 2.67. The zero-order chi connectivity index (χ0) is 11.6. The van der Waals surface area contributed by atoms with Crippen LogP contribution in [-0.4, -0.2) is 16.1 Å². The van der Waals surface area contributed by atoms with Crippen LogP contribution < -0.4 is 0 Å². The molecule has 1 heterocycles. The zero-order valence-electron chi connectivity index (χ0n) is 7.18. The monoisotopic (exact) mass is 239 g/mol. The van der Waals surface area contributed by atoms with E-state index in [0.717, 1.165) is 0 Å². The van der Waals surface area contributed by atoms with Crippen molar-refractivity contribution in [3.63, 3.8) is 0 Å². The van der Waals surface area contributed by atoms with Crippen LogP contribution in [0.3, 0.4) is 0 Å². The average Bonchev–Trinajstić information content (AvgIpc) is 2.11. The molecule has 0 fully saturated rings. The van der Waals surface area contributed by atoms with Gasteiger partial charge in [-0.3, -0.25) is 4.79 Å². The van der Waals surface area contributed by atoms with E-state index in [9.17, 15) is 18.0 Å². The van der Waals surface area contributed by atoms with E-state index in [4.69, 9.17) is 16.7 Å². The number of rotatable bonds is 3. The van der Waals surface area contributed by atoms with E-state index < -0.39 is 40.9 Å². The van der Waals surface area contributed by atoms with Crippen LogP contribution in [0.2, 0.25) is 5.02 Å². The Morgan fingerprint density at radius 2 is 2.20 bits per heavy atom. The molecule has 1 aromatic heterocycles. The van der Waals surface area contributed by atoms with Crippen LogP contribution >= 0.6 is 11.6 Å². The Kier molecular flexibility index (Phi) is 3.52. The van der Waals surface area contributed by atoms with Gasteiger partial charge in [0.05, 0.1) is 17.0 Å². The summed E-state index contributed by atoms with van der Waals surface area (Å²) < 4.78 is 37.5. The summed E-state index contributed by atoms with van der Waals surface area (Å²) in [6.45, 7) is 0. The van der Waals surface area contributed by atoms with Crippen molar-refractivity contribution < 1.29 is 23.1 Å². The van der Waals surface area contributed by atoms with E-state index in [2.05, 4.69) is 4.98 Å². The zero-order valence-corrected chi connectivity index (χ0v) is 7.93. The number of hydrogen-bond acceptors (Lipinski definition) is 2. The maximum atomic E-state index is 13.0. The van der Waals surface area contributed by atoms with Gasteiger partial charge >= 0.3 is 5.97 Å². The minimum Gasteiger partial charge on any atom is -0.481 e. The molecular weight excluding hydrogens is 235 g/mol. The van der Waals surface area contributed by atoms with Gasteiger partial charge < -0.3 is 5.11 Å². The summed E-state index contributed by atoms with van der Waals surface area (Å²) in [5.74, 6) is -2.52. The van der Waals surface area contributed by atoms with Gasteiger partial charge in [0.25, 0.3) is 6.43 Å². The van der Waals surface area contributed by atoms with Gasteiger partial charge in [0.1, 0.15) is 0 Å². The van der Waals surface area contributed by atoms with Gasteiger partial charge in [0.2, 0.25) is 5.95 Å². The van der Waals surface area contributed by atoms with Crippen LogP contribution in [-0.2, 0) is 11.2 Å². The molecule has 0 aliphatic carbocycles. The number of aromatic nitrogens is 1. The number of alkyl halides is 2. The molecule has 0 spiro atoms. The summed E-state index contributed by atoms with van der Waals surface area (Å²) in [6.07, 6.45) is -3.11. The number of pyridine rings is 1. The lowest BCUT2D eigenvalue weighted by Crippen LogP contribution is -2.06. The standard InChI is InChI=1S/C8H5ClF3NO2/c9-6-3(1-5(14)15)8(12)13-2-4(6)7(10)11/h2,7H,1H2,(H,14,15). The van der Waals surface area contributed by atoms with E-state index >= 15 is 0 Å². The minimum absolute atomic E-state index is 0.526. The molecule has 0 aliphatic heterocycles. The molecule has 0 amide bonds. The van der Waals surface area contributed by atoms with E-state index in [1.165, 1.54) is 0 Å². The lowest BCUT2D eigenvalue weighted by molar-refractivity contribution is -0.136. The van der Waals surface area contributed by atoms with Crippen LogP contribution in [0.25, 0.3) is 0 Å². The Bertz CT molecular complexity index is 398. The van der Waals surface area contributed by atoms with E-state index in [-0.39, 0.29) is 0 Å². The number of carboxylic acids is 1. The molecule has 3 nitrogen and oxygen atoms in total. The molecular formula is C8H5ClF3NO2. The van der Waals surface area contributed by atoms with Crippen LogP contribution in [0, 0.1) is 5.95 Å². The summed E-state index contributed by atoms with van der Waals surface area (Å²) in [6, 6.07) is 0. The molecule has 1 aromatic rings. The summed E-state index contributed by atoms with van der Waals surface area (Å²) in [5, 5.41) is 7.82. The normalized spacial score (nSPS) is 10.7. The third-order valence-corrected chi connectivity index (χ3v) is 2.09. The molecule has 0 atom stereocenters. The van der Waals surface area contributed by atoms with E-state index in [1.807, 2.05) is 0 Å². The van der Waals surface area contributed by atoms with Crippen molar-refractivity contribution >= 4 is 17.6 Å². The largest absolute Gasteiger partial charge is 0.481 e. The van der Waals surface area contributed by atoms with Crippen LogP contribution in [0.4, 0.5) is 13.2 Å². The highest BCUT2D eigenvalue weighted by Crippen LogP contribution is 2.30. The fourth-order valence-corrected chi connectivity index (χ4v) is 1.26. The Balaban J connectivity index is 3.23. The summed E-state index contributed by atoms with van der Waals surface area (Å²) >= 11 is 5.43. The van der Waals surface area contributed by atoms with Gasteiger partial charge in [-0.15, -0.1) is 0 Å². The molecule has 0 bridgehead atoms. The maximum absolute atomic E-state index is 13.0. The van der Waals surface area contributed by atoms with E-state index in [1.54, 1.807) is 0 Å². The minimum atomic E-state index is -2.92. The first-order valence-electron chi connectivity index (χ1n) is 3.76. The quantitative estimate of drug-likeness (QED) is 0.824. The van der Waals surface area contributed by atoms with Crippen molar-refractivity contribution in [2.75, 3.05) is 0 Å². The second kappa shape index (κ2) is 4.48. The molecule has 1 rings (SSSR count). The van der Waals surface area contributed by atoms with Gasteiger partial charge in [0, 0.05) is 11.8 Å². The first-order valence-corrected chi connectivity index (χ1v) is 4.14. The molecule has 0 saturated carbocycles. The molecule has 0 unspecified atom stereocenters. The SMILES string of the molecule is O=C(O)Cc1c(F)ncc(C(F)F)c1Cl. The lowest BCUT2D eigenvalue weighted by atomic mass is 10.1. The molecule has 82 valence electrons. The van der Waals surface area contributed by atoms with Crippen LogP contribution in [0.1, 0.15) is 17.6 Å². The van der Waals surface area contributed by atoms with Crippen LogP contribution in [0.5, 0.6) is 0 Å². The smallest absolute Gasteiger partial charge is 0.308 e. The predicted octanol–water partition coefficient (Wildman–Crippen LogP) is 2.44. The number of halogens is 4. The first kappa shape index (κ1) is 11.8. The molecule has 15 heavy (non-hydrogen) atoms. The van der Waals surface area contributed by atoms with Crippen molar-refractivity contribution in [3.05, 3.63) is 28.3 Å². The molecule has 0 aliphatic rings. The van der Waals surface area contributed by atoms with Gasteiger partial charge in [0.15, 0.2) is 0 Å². The first-order chi connectivity index (χ1) is 6.93. The number of aliphatic carboxylic acids is 1. The third-order valence-electron chi connectivity index (χ3n) is 1.65. The number of carboxylic acid groups (broad SMARTS) is 1. The Hall–Kier alpha value is -1.30. The fraction of sp³-hybridized carbons (Fsp3) is 0.250. The highest BCUT2D eigenvalue weighted by Gasteiger charge is 2.20. The van der Waals surface area contributed by atoms with Crippen molar-refractivity contribution in [3.8, 4) is 0 Å². The topological polar surface area (TPSA) is 50.2 Å². The van der Waals surface area contributed by atoms with Gasteiger partial charge in [-0.1, -0.05) is 11.6 Å².